The Labute approximate surface area is 177 Å². The molecule has 0 amide bonds. The van der Waals surface area contributed by atoms with Crippen molar-refractivity contribution in [3.05, 3.63) is 96.7 Å². The maximum atomic E-state index is 12.9. The van der Waals surface area contributed by atoms with Crippen LogP contribution in [0.25, 0.3) is 0 Å². The maximum Gasteiger partial charge on any atom is 0.334 e. The van der Waals surface area contributed by atoms with Crippen molar-refractivity contribution in [2.75, 3.05) is 0 Å². The Balaban J connectivity index is 2.06. The van der Waals surface area contributed by atoms with Crippen molar-refractivity contribution in [2.24, 2.45) is 4.99 Å². The van der Waals surface area contributed by atoms with Crippen molar-refractivity contribution in [1.82, 2.24) is 9.13 Å². The zero-order valence-electron chi connectivity index (χ0n) is 17.1. The van der Waals surface area contributed by atoms with Crippen LogP contribution < -0.4 is 11.2 Å². The van der Waals surface area contributed by atoms with Crippen LogP contribution >= 0.6 is 0 Å². The van der Waals surface area contributed by atoms with Crippen LogP contribution in [0.15, 0.2) is 69.2 Å². The van der Waals surface area contributed by atoms with Gasteiger partial charge in [0.05, 0.1) is 10.6 Å². The number of nitro benzene ring substituents is 1. The summed E-state index contributed by atoms with van der Waals surface area (Å²) in [6, 6.07) is 14.6. The van der Waals surface area contributed by atoms with Crippen LogP contribution in [-0.4, -0.2) is 25.4 Å². The molecule has 0 spiro atoms. The van der Waals surface area contributed by atoms with E-state index in [2.05, 4.69) is 4.99 Å². The van der Waals surface area contributed by atoms with E-state index in [0.29, 0.717) is 6.42 Å². The van der Waals surface area contributed by atoms with Gasteiger partial charge in [-0.3, -0.25) is 29.0 Å². The molecule has 0 saturated carbocycles. The van der Waals surface area contributed by atoms with Gasteiger partial charge < -0.3 is 5.11 Å². The third-order valence-corrected chi connectivity index (χ3v) is 4.75. The number of non-ortho nitro benzene ring substituents is 1. The number of rotatable bonds is 7. The first-order valence-electron chi connectivity index (χ1n) is 9.70. The molecule has 9 nitrogen and oxygen atoms in total. The standard InChI is InChI=1S/C22H22N4O5/c1-15(2)25-21(28)19(14-23-17-9-6-10-18(13-17)26(30)31)20(27)24(22(25)29)12-11-16-7-4-3-5-8-16/h3-10,13-15,27H,11-12H2,1-2H3. The second kappa shape index (κ2) is 9.21. The quantitative estimate of drug-likeness (QED) is 0.356. The van der Waals surface area contributed by atoms with Crippen molar-refractivity contribution in [3.8, 4) is 5.88 Å². The molecule has 0 radical (unpaired) electrons. The van der Waals surface area contributed by atoms with Gasteiger partial charge in [0.15, 0.2) is 0 Å². The van der Waals surface area contributed by atoms with Crippen LogP contribution in [-0.2, 0) is 13.0 Å². The second-order valence-electron chi connectivity index (χ2n) is 7.21. The third kappa shape index (κ3) is 4.77. The van der Waals surface area contributed by atoms with Gasteiger partial charge >= 0.3 is 5.69 Å². The number of aryl methyl sites for hydroxylation is 1. The van der Waals surface area contributed by atoms with Crippen molar-refractivity contribution in [1.29, 1.82) is 0 Å². The Kier molecular flexibility index (Phi) is 6.44. The minimum Gasteiger partial charge on any atom is -0.494 e. The molecule has 1 N–H and O–H groups in total. The van der Waals surface area contributed by atoms with E-state index in [9.17, 15) is 24.8 Å². The third-order valence-electron chi connectivity index (χ3n) is 4.75. The molecule has 0 saturated heterocycles. The van der Waals surface area contributed by atoms with E-state index in [0.717, 1.165) is 20.9 Å². The molecule has 1 heterocycles. The summed E-state index contributed by atoms with van der Waals surface area (Å²) < 4.78 is 2.20. The fourth-order valence-corrected chi connectivity index (χ4v) is 3.16. The predicted octanol–water partition coefficient (Wildman–Crippen LogP) is 3.20. The minimum atomic E-state index is -0.678. The molecule has 0 bridgehead atoms. The van der Waals surface area contributed by atoms with Gasteiger partial charge in [-0.15, -0.1) is 0 Å². The largest absolute Gasteiger partial charge is 0.494 e. The Morgan fingerprint density at radius 3 is 2.48 bits per heavy atom. The first kappa shape index (κ1) is 21.7. The molecule has 0 fully saturated rings. The molecule has 9 heteroatoms. The Morgan fingerprint density at radius 1 is 1.13 bits per heavy atom. The topological polar surface area (TPSA) is 120 Å². The second-order valence-corrected chi connectivity index (χ2v) is 7.21. The summed E-state index contributed by atoms with van der Waals surface area (Å²) in [5.41, 5.74) is -0.378. The lowest BCUT2D eigenvalue weighted by molar-refractivity contribution is -0.384. The lowest BCUT2D eigenvalue weighted by atomic mass is 10.1. The van der Waals surface area contributed by atoms with Crippen LogP contribution in [0.4, 0.5) is 11.4 Å². The Morgan fingerprint density at radius 2 is 1.84 bits per heavy atom. The fourth-order valence-electron chi connectivity index (χ4n) is 3.16. The molecule has 1 aromatic heterocycles. The highest BCUT2D eigenvalue weighted by molar-refractivity contribution is 5.84. The van der Waals surface area contributed by atoms with Crippen molar-refractivity contribution < 1.29 is 10.0 Å². The summed E-state index contributed by atoms with van der Waals surface area (Å²) in [7, 11) is 0. The summed E-state index contributed by atoms with van der Waals surface area (Å²) in [6.45, 7) is 3.56. The van der Waals surface area contributed by atoms with Crippen LogP contribution in [0.1, 0.15) is 31.0 Å². The number of hydrogen-bond acceptors (Lipinski definition) is 6. The smallest absolute Gasteiger partial charge is 0.334 e. The Hall–Kier alpha value is -4.01. The normalized spacial score (nSPS) is 11.3. The van der Waals surface area contributed by atoms with Gasteiger partial charge in [0.2, 0.25) is 5.88 Å². The molecule has 0 aliphatic heterocycles. The zero-order chi connectivity index (χ0) is 22.5. The number of nitrogens with zero attached hydrogens (tertiary/aromatic N) is 4. The van der Waals surface area contributed by atoms with Gasteiger partial charge in [0, 0.05) is 30.9 Å². The molecular weight excluding hydrogens is 400 g/mol. The molecule has 0 aliphatic carbocycles. The molecule has 3 aromatic rings. The molecule has 0 atom stereocenters. The van der Waals surface area contributed by atoms with Gasteiger partial charge in [-0.1, -0.05) is 36.4 Å². The fraction of sp³-hybridized carbons (Fsp3) is 0.227. The van der Waals surface area contributed by atoms with E-state index in [-0.39, 0.29) is 23.5 Å². The van der Waals surface area contributed by atoms with Crippen LogP contribution in [0.3, 0.4) is 0 Å². The summed E-state index contributed by atoms with van der Waals surface area (Å²) in [4.78, 5) is 40.2. The van der Waals surface area contributed by atoms with Gasteiger partial charge in [-0.2, -0.15) is 0 Å². The molecule has 31 heavy (non-hydrogen) atoms. The lowest BCUT2D eigenvalue weighted by Crippen LogP contribution is -2.42. The molecule has 0 aliphatic rings. The summed E-state index contributed by atoms with van der Waals surface area (Å²) in [5, 5.41) is 21.7. The average Bonchev–Trinajstić information content (AvgIpc) is 2.74. The monoisotopic (exact) mass is 422 g/mol. The highest BCUT2D eigenvalue weighted by Gasteiger charge is 2.19. The predicted molar refractivity (Wildman–Crippen MR) is 118 cm³/mol. The minimum absolute atomic E-state index is 0.147. The van der Waals surface area contributed by atoms with Crippen molar-refractivity contribution >= 4 is 17.6 Å². The van der Waals surface area contributed by atoms with Gasteiger partial charge in [0.25, 0.3) is 11.2 Å². The highest BCUT2D eigenvalue weighted by atomic mass is 16.6. The SMILES string of the molecule is CC(C)n1c(=O)c(C=Nc2cccc([N+](=O)[O-])c2)c(O)n(CCc2ccccc2)c1=O. The van der Waals surface area contributed by atoms with Gasteiger partial charge in [-0.05, 0) is 31.9 Å². The van der Waals surface area contributed by atoms with E-state index in [4.69, 9.17) is 0 Å². The molecule has 160 valence electrons. The number of benzene rings is 2. The molecule has 3 rings (SSSR count). The average molecular weight is 422 g/mol. The summed E-state index contributed by atoms with van der Waals surface area (Å²) in [5.74, 6) is -0.489. The number of nitro groups is 1. The van der Waals surface area contributed by atoms with Crippen LogP contribution in [0, 0.1) is 10.1 Å². The van der Waals surface area contributed by atoms with E-state index in [1.807, 2.05) is 30.3 Å². The molecular formula is C22H22N4O5. The maximum absolute atomic E-state index is 12.9. The van der Waals surface area contributed by atoms with E-state index < -0.39 is 28.1 Å². The first-order valence-corrected chi connectivity index (χ1v) is 9.70. The lowest BCUT2D eigenvalue weighted by Gasteiger charge is -2.16. The number of hydrogen-bond donors (Lipinski definition) is 1. The van der Waals surface area contributed by atoms with E-state index >= 15 is 0 Å². The summed E-state index contributed by atoms with van der Waals surface area (Å²) in [6.07, 6.45) is 1.61. The van der Waals surface area contributed by atoms with Crippen LogP contribution in [0.5, 0.6) is 5.88 Å². The number of aromatic hydroxyl groups is 1. The number of aliphatic imine (C=N–C) groups is 1. The highest BCUT2D eigenvalue weighted by Crippen LogP contribution is 2.20. The molecule has 0 unspecified atom stereocenters. The Bertz CT molecular complexity index is 1240. The molecule has 2 aromatic carbocycles. The van der Waals surface area contributed by atoms with E-state index in [1.54, 1.807) is 13.8 Å². The summed E-state index contributed by atoms with van der Waals surface area (Å²) >= 11 is 0. The van der Waals surface area contributed by atoms with Crippen LogP contribution in [0.2, 0.25) is 0 Å². The van der Waals surface area contributed by atoms with E-state index in [1.165, 1.54) is 24.3 Å². The van der Waals surface area contributed by atoms with Gasteiger partial charge in [-0.25, -0.2) is 4.79 Å². The number of aromatic nitrogens is 2. The van der Waals surface area contributed by atoms with Crippen molar-refractivity contribution in [2.45, 2.75) is 32.9 Å². The van der Waals surface area contributed by atoms with Gasteiger partial charge in [0.1, 0.15) is 5.56 Å². The first-order chi connectivity index (χ1) is 14.8. The zero-order valence-corrected chi connectivity index (χ0v) is 17.1. The van der Waals surface area contributed by atoms with Crippen molar-refractivity contribution in [3.63, 3.8) is 0 Å².